The van der Waals surface area contributed by atoms with E-state index in [9.17, 15) is 4.79 Å². The Morgan fingerprint density at radius 1 is 1.26 bits per heavy atom. The molecule has 0 bridgehead atoms. The van der Waals surface area contributed by atoms with Gasteiger partial charge in [-0.25, -0.2) is 20.3 Å². The second-order valence-corrected chi connectivity index (χ2v) is 8.55. The Morgan fingerprint density at radius 2 is 2.06 bits per heavy atom. The predicted molar refractivity (Wildman–Crippen MR) is 138 cm³/mol. The molecule has 1 unspecified atom stereocenters. The van der Waals surface area contributed by atoms with E-state index in [2.05, 4.69) is 27.4 Å². The van der Waals surface area contributed by atoms with Crippen LogP contribution in [0.4, 0.5) is 5.69 Å². The molecule has 174 valence electrons. The molecule has 1 aromatic carbocycles. The molecule has 2 N–H and O–H groups in total. The molecule has 0 saturated heterocycles. The maximum absolute atomic E-state index is 13.3. The number of nitrogens with zero attached hydrogens (tertiary/aromatic N) is 3. The molecule has 0 amide bonds. The van der Waals surface area contributed by atoms with Gasteiger partial charge in [-0.05, 0) is 73.5 Å². The van der Waals surface area contributed by atoms with Crippen molar-refractivity contribution in [1.82, 2.24) is 15.0 Å². The molecule has 0 aliphatic carbocycles. The number of anilines is 1. The molecule has 0 saturated carbocycles. The number of aromatic nitrogens is 2. The van der Waals surface area contributed by atoms with Gasteiger partial charge in [0.2, 0.25) is 12.2 Å². The van der Waals surface area contributed by atoms with Crippen molar-refractivity contribution in [3.05, 3.63) is 91.9 Å². The topological polar surface area (TPSA) is 80.5 Å². The van der Waals surface area contributed by atoms with Crippen LogP contribution < -0.4 is 26.9 Å². The molecule has 1 aliphatic rings. The summed E-state index contributed by atoms with van der Waals surface area (Å²) in [5, 5.41) is 5.43. The molecule has 2 aromatic heterocycles. The summed E-state index contributed by atoms with van der Waals surface area (Å²) < 4.78 is 1.67. The molecule has 3 heterocycles. The lowest BCUT2D eigenvalue weighted by Gasteiger charge is -2.12. The van der Waals surface area contributed by atoms with Crippen LogP contribution in [-0.4, -0.2) is 15.5 Å². The first-order valence-corrected chi connectivity index (χ1v) is 11.2. The van der Waals surface area contributed by atoms with E-state index in [1.54, 1.807) is 23.9 Å². The Labute approximate surface area is 202 Å². The van der Waals surface area contributed by atoms with Crippen molar-refractivity contribution in [2.45, 2.75) is 27.0 Å². The lowest BCUT2D eigenvalue weighted by Crippen LogP contribution is -2.42. The molecule has 0 spiro atoms. The van der Waals surface area contributed by atoms with E-state index in [0.29, 0.717) is 16.7 Å². The van der Waals surface area contributed by atoms with Gasteiger partial charge >= 0.3 is 0 Å². The molecule has 8 heteroatoms. The number of hydrogen-bond acceptors (Lipinski definition) is 6. The van der Waals surface area contributed by atoms with E-state index < -0.39 is 6.23 Å². The summed E-state index contributed by atoms with van der Waals surface area (Å²) in [4.78, 5) is 27.4. The van der Waals surface area contributed by atoms with Crippen molar-refractivity contribution in [3.8, 4) is 11.1 Å². The van der Waals surface area contributed by atoms with Crippen LogP contribution in [0.5, 0.6) is 0 Å². The van der Waals surface area contributed by atoms with Gasteiger partial charge in [-0.1, -0.05) is 35.9 Å². The Kier molecular flexibility index (Phi) is 6.68. The van der Waals surface area contributed by atoms with E-state index in [1.807, 2.05) is 63.3 Å². The zero-order chi connectivity index (χ0) is 24.4. The SMILES string of the molecule is C=C(C)/C=c1\c(=CC)cc(-c2cc(NC3=NC(c4ccc(Cl)nc4)ON3)ccc2C)c(=O)n1C. The fourth-order valence-electron chi connectivity index (χ4n) is 3.75. The number of pyridine rings is 2. The van der Waals surface area contributed by atoms with E-state index in [4.69, 9.17) is 16.4 Å². The highest BCUT2D eigenvalue weighted by Crippen LogP contribution is 2.25. The highest BCUT2D eigenvalue weighted by molar-refractivity contribution is 6.29. The van der Waals surface area contributed by atoms with Gasteiger partial charge in [-0.3, -0.25) is 4.79 Å². The minimum atomic E-state index is -0.538. The first kappa shape index (κ1) is 23.5. The number of aliphatic imine (C=N–C) groups is 1. The van der Waals surface area contributed by atoms with Crippen LogP contribution in [0.2, 0.25) is 5.15 Å². The summed E-state index contributed by atoms with van der Waals surface area (Å²) in [7, 11) is 1.78. The monoisotopic (exact) mass is 475 g/mol. The van der Waals surface area contributed by atoms with E-state index in [0.717, 1.165) is 38.5 Å². The normalized spacial score (nSPS) is 16.4. The number of allylic oxidation sites excluding steroid dienone is 1. The Hall–Kier alpha value is -3.68. The third kappa shape index (κ3) is 4.81. The minimum absolute atomic E-state index is 0.0756. The van der Waals surface area contributed by atoms with Crippen molar-refractivity contribution >= 4 is 35.4 Å². The molecule has 3 aromatic rings. The summed E-state index contributed by atoms with van der Waals surface area (Å²) in [5.74, 6) is 0.455. The van der Waals surface area contributed by atoms with Gasteiger partial charge in [0.1, 0.15) is 5.15 Å². The third-order valence-corrected chi connectivity index (χ3v) is 5.75. The van der Waals surface area contributed by atoms with Crippen LogP contribution in [0, 0.1) is 6.92 Å². The van der Waals surface area contributed by atoms with Crippen LogP contribution in [0.3, 0.4) is 0 Å². The van der Waals surface area contributed by atoms with Crippen LogP contribution in [0.25, 0.3) is 23.3 Å². The van der Waals surface area contributed by atoms with Gasteiger partial charge in [0.15, 0.2) is 0 Å². The molecule has 1 atom stereocenters. The summed E-state index contributed by atoms with van der Waals surface area (Å²) >= 11 is 5.86. The average Bonchev–Trinajstić information content (AvgIpc) is 3.27. The Balaban J connectivity index is 1.69. The Bertz CT molecular complexity index is 1470. The van der Waals surface area contributed by atoms with Gasteiger partial charge in [-0.2, -0.15) is 0 Å². The smallest absolute Gasteiger partial charge is 0.258 e. The third-order valence-electron chi connectivity index (χ3n) is 5.53. The fraction of sp³-hybridized carbons (Fsp3) is 0.192. The molecule has 34 heavy (non-hydrogen) atoms. The number of hydrogen-bond donors (Lipinski definition) is 2. The van der Waals surface area contributed by atoms with Crippen molar-refractivity contribution in [2.24, 2.45) is 12.0 Å². The first-order chi connectivity index (χ1) is 16.3. The fourth-order valence-corrected chi connectivity index (χ4v) is 3.87. The highest BCUT2D eigenvalue weighted by Gasteiger charge is 2.20. The lowest BCUT2D eigenvalue weighted by atomic mass is 10.00. The average molecular weight is 476 g/mol. The number of nitrogens with one attached hydrogen (secondary N) is 2. The van der Waals surface area contributed by atoms with Crippen LogP contribution in [-0.2, 0) is 11.9 Å². The first-order valence-electron chi connectivity index (χ1n) is 10.8. The number of aryl methyl sites for hydroxylation is 1. The predicted octanol–water partition coefficient (Wildman–Crippen LogP) is 3.57. The van der Waals surface area contributed by atoms with E-state index >= 15 is 0 Å². The van der Waals surface area contributed by atoms with Gasteiger partial charge in [0.25, 0.3) is 5.56 Å². The van der Waals surface area contributed by atoms with Gasteiger partial charge < -0.3 is 9.88 Å². The molecule has 0 fully saturated rings. The largest absolute Gasteiger partial charge is 0.325 e. The molecule has 0 radical (unpaired) electrons. The summed E-state index contributed by atoms with van der Waals surface area (Å²) in [6.07, 6.45) is 5.00. The zero-order valence-electron chi connectivity index (χ0n) is 19.5. The standard InChI is InChI=1S/C26H26ClN5O2/c1-6-17-12-21(25(33)32(5)22(17)11-15(2)3)20-13-19(9-7-16(20)4)29-26-30-24(34-31-26)18-8-10-23(27)28-14-18/h6-14,24H,2H2,1,3-5H3,(H2,29,30,31)/b17-6?,22-11+. The number of benzene rings is 1. The van der Waals surface area contributed by atoms with Crippen molar-refractivity contribution in [2.75, 3.05) is 5.32 Å². The zero-order valence-corrected chi connectivity index (χ0v) is 20.3. The molecular formula is C26H26ClN5O2. The molecule has 4 rings (SSSR count). The van der Waals surface area contributed by atoms with Crippen LogP contribution in [0.1, 0.15) is 31.2 Å². The van der Waals surface area contributed by atoms with E-state index in [-0.39, 0.29) is 5.56 Å². The number of hydroxylamine groups is 1. The summed E-state index contributed by atoms with van der Waals surface area (Å²) in [6.45, 7) is 9.81. The van der Waals surface area contributed by atoms with Crippen molar-refractivity contribution in [1.29, 1.82) is 0 Å². The number of halogens is 1. The highest BCUT2D eigenvalue weighted by atomic mass is 35.5. The van der Waals surface area contributed by atoms with Crippen molar-refractivity contribution < 1.29 is 4.84 Å². The maximum atomic E-state index is 13.3. The van der Waals surface area contributed by atoms with Gasteiger partial charge in [-0.15, -0.1) is 0 Å². The van der Waals surface area contributed by atoms with Crippen LogP contribution >= 0.6 is 11.6 Å². The summed E-state index contributed by atoms with van der Waals surface area (Å²) in [6, 6.07) is 11.3. The summed E-state index contributed by atoms with van der Waals surface area (Å²) in [5.41, 5.74) is 7.61. The lowest BCUT2D eigenvalue weighted by molar-refractivity contribution is 0.0373. The number of guanidine groups is 1. The quantitative estimate of drug-likeness (QED) is 0.564. The Morgan fingerprint density at radius 3 is 2.74 bits per heavy atom. The van der Waals surface area contributed by atoms with Crippen LogP contribution in [0.15, 0.2) is 64.5 Å². The van der Waals surface area contributed by atoms with Gasteiger partial charge in [0, 0.05) is 30.1 Å². The molecule has 1 aliphatic heterocycles. The maximum Gasteiger partial charge on any atom is 0.258 e. The second kappa shape index (κ2) is 9.67. The van der Waals surface area contributed by atoms with Crippen molar-refractivity contribution in [3.63, 3.8) is 0 Å². The van der Waals surface area contributed by atoms with Gasteiger partial charge in [0.05, 0.1) is 5.35 Å². The molecular weight excluding hydrogens is 450 g/mol. The number of rotatable bonds is 4. The molecule has 7 nitrogen and oxygen atoms in total. The second-order valence-electron chi connectivity index (χ2n) is 8.16. The minimum Gasteiger partial charge on any atom is -0.325 e. The van der Waals surface area contributed by atoms with E-state index in [1.165, 1.54) is 0 Å².